The van der Waals surface area contributed by atoms with Crippen molar-refractivity contribution < 1.29 is 69.7 Å². The number of aliphatic hydroxyl groups excluding tert-OH is 8. The first-order valence-electron chi connectivity index (χ1n) is 10.7. The fourth-order valence-electron chi connectivity index (χ4n) is 4.16. The van der Waals surface area contributed by atoms with E-state index >= 15 is 0 Å². The standard InChI is InChI=1S/C21H30O14/c1-6-3-7(23)4-8(32-2)10(6)20(31)34-18-9(5-22)33-21(17(30)16(18)29)35-19-14(27)12(25)11(24)13(26)15(19)28/h3-4,9,11-19,21-30H,5H2,1-2H3/t9-,11?,12-,13-,14-,15+,16-,17-,18-,19?,21+/m0/s1. The topological polar surface area (TPSA) is 236 Å². The number of carbonyl (C=O) groups excluding carboxylic acids is 1. The second-order valence-corrected chi connectivity index (χ2v) is 8.47. The number of aryl methyl sites for hydroxylation is 1. The third-order valence-corrected chi connectivity index (χ3v) is 6.14. The van der Waals surface area contributed by atoms with E-state index in [0.717, 1.165) is 0 Å². The average Bonchev–Trinajstić information content (AvgIpc) is 2.82. The van der Waals surface area contributed by atoms with E-state index in [1.807, 2.05) is 0 Å². The van der Waals surface area contributed by atoms with Gasteiger partial charge in [-0.3, -0.25) is 0 Å². The number of hydrogen-bond donors (Lipinski definition) is 9. The SMILES string of the molecule is COc1cc(O)cc(C)c1C(=O)O[C@@H]1[C@@H](O)[C@H](O)[C@@H](OC2[C@@H](O)[C@@H](O)C(O)[C@H](O)[C@H]2O)O[C@H]1CO. The molecule has 0 amide bonds. The summed E-state index contributed by atoms with van der Waals surface area (Å²) in [6.07, 6.45) is -20.0. The van der Waals surface area contributed by atoms with Crippen molar-refractivity contribution in [2.24, 2.45) is 0 Å². The molecule has 9 N–H and O–H groups in total. The number of ether oxygens (including phenoxy) is 4. The lowest BCUT2D eigenvalue weighted by Crippen LogP contribution is -2.67. The maximum Gasteiger partial charge on any atom is 0.342 e. The summed E-state index contributed by atoms with van der Waals surface area (Å²) < 4.78 is 21.1. The lowest BCUT2D eigenvalue weighted by atomic mass is 9.84. The Morgan fingerprint density at radius 3 is 1.97 bits per heavy atom. The Labute approximate surface area is 199 Å². The molecular weight excluding hydrogens is 476 g/mol. The number of rotatable bonds is 6. The van der Waals surface area contributed by atoms with Crippen molar-refractivity contribution in [1.82, 2.24) is 0 Å². The third kappa shape index (κ3) is 5.22. The van der Waals surface area contributed by atoms with E-state index in [-0.39, 0.29) is 22.6 Å². The van der Waals surface area contributed by atoms with E-state index < -0.39 is 79.9 Å². The van der Waals surface area contributed by atoms with Gasteiger partial charge in [-0.1, -0.05) is 0 Å². The van der Waals surface area contributed by atoms with Crippen molar-refractivity contribution >= 4 is 5.97 Å². The molecule has 35 heavy (non-hydrogen) atoms. The first-order chi connectivity index (χ1) is 16.4. The first kappa shape index (κ1) is 27.5. The van der Waals surface area contributed by atoms with Gasteiger partial charge in [-0.25, -0.2) is 4.79 Å². The highest BCUT2D eigenvalue weighted by Gasteiger charge is 2.53. The molecule has 1 aliphatic heterocycles. The zero-order valence-corrected chi connectivity index (χ0v) is 18.8. The summed E-state index contributed by atoms with van der Waals surface area (Å²) in [5.41, 5.74) is 0.192. The summed E-state index contributed by atoms with van der Waals surface area (Å²) in [5, 5.41) is 90.3. The number of carbonyl (C=O) groups is 1. The minimum absolute atomic E-state index is 0.0272. The summed E-state index contributed by atoms with van der Waals surface area (Å²) in [4.78, 5) is 12.8. The lowest BCUT2D eigenvalue weighted by molar-refractivity contribution is -0.338. The molecule has 0 spiro atoms. The van der Waals surface area contributed by atoms with Gasteiger partial charge in [0.25, 0.3) is 0 Å². The van der Waals surface area contributed by atoms with Gasteiger partial charge in [0.05, 0.1) is 13.7 Å². The number of methoxy groups -OCH3 is 1. The number of aromatic hydroxyl groups is 1. The smallest absolute Gasteiger partial charge is 0.342 e. The number of aliphatic hydroxyl groups is 8. The van der Waals surface area contributed by atoms with Crippen LogP contribution in [-0.4, -0.2) is 133 Å². The van der Waals surface area contributed by atoms with E-state index in [0.29, 0.717) is 0 Å². The van der Waals surface area contributed by atoms with Crippen molar-refractivity contribution in [1.29, 1.82) is 0 Å². The van der Waals surface area contributed by atoms with Gasteiger partial charge >= 0.3 is 5.97 Å². The molecule has 1 aromatic rings. The van der Waals surface area contributed by atoms with Crippen molar-refractivity contribution in [3.8, 4) is 11.5 Å². The number of phenolic OH excluding ortho intramolecular Hbond substituents is 1. The molecule has 0 bridgehead atoms. The molecule has 1 aliphatic carbocycles. The number of hydrogen-bond acceptors (Lipinski definition) is 14. The maximum absolute atomic E-state index is 12.8. The average molecular weight is 506 g/mol. The Hall–Kier alpha value is -2.11. The van der Waals surface area contributed by atoms with Crippen molar-refractivity contribution in [2.75, 3.05) is 13.7 Å². The van der Waals surface area contributed by atoms with Gasteiger partial charge in [0.1, 0.15) is 72.0 Å². The van der Waals surface area contributed by atoms with E-state index in [9.17, 15) is 50.8 Å². The quantitative estimate of drug-likeness (QED) is 0.167. The van der Waals surface area contributed by atoms with Crippen LogP contribution in [0.4, 0.5) is 0 Å². The molecule has 0 radical (unpaired) electrons. The van der Waals surface area contributed by atoms with Crippen molar-refractivity contribution in [3.63, 3.8) is 0 Å². The molecule has 0 aromatic heterocycles. The van der Waals surface area contributed by atoms with Crippen LogP contribution in [0.2, 0.25) is 0 Å². The van der Waals surface area contributed by atoms with Crippen molar-refractivity contribution in [3.05, 3.63) is 23.3 Å². The van der Waals surface area contributed by atoms with E-state index in [2.05, 4.69) is 0 Å². The van der Waals surface area contributed by atoms with Crippen molar-refractivity contribution in [2.45, 2.75) is 74.3 Å². The van der Waals surface area contributed by atoms with Gasteiger partial charge in [0.15, 0.2) is 12.4 Å². The zero-order valence-electron chi connectivity index (χ0n) is 18.8. The van der Waals surface area contributed by atoms with Gasteiger partial charge in [-0.05, 0) is 18.6 Å². The largest absolute Gasteiger partial charge is 0.508 e. The summed E-state index contributed by atoms with van der Waals surface area (Å²) in [5.74, 6) is -1.22. The second-order valence-electron chi connectivity index (χ2n) is 8.47. The maximum atomic E-state index is 12.8. The molecule has 2 aliphatic rings. The molecule has 198 valence electrons. The lowest BCUT2D eigenvalue weighted by Gasteiger charge is -2.46. The van der Waals surface area contributed by atoms with Crippen LogP contribution in [0.25, 0.3) is 0 Å². The number of benzene rings is 1. The second kappa shape index (κ2) is 10.9. The highest BCUT2D eigenvalue weighted by molar-refractivity contribution is 5.94. The van der Waals surface area contributed by atoms with E-state index in [4.69, 9.17) is 18.9 Å². The number of esters is 1. The van der Waals surface area contributed by atoms with Gasteiger partial charge in [-0.2, -0.15) is 0 Å². The summed E-state index contributed by atoms with van der Waals surface area (Å²) in [7, 11) is 1.26. The van der Waals surface area contributed by atoms with Crippen LogP contribution < -0.4 is 4.74 Å². The Balaban J connectivity index is 1.78. The molecular formula is C21H30O14. The van der Waals surface area contributed by atoms with Crippen LogP contribution >= 0.6 is 0 Å². The minimum Gasteiger partial charge on any atom is -0.508 e. The van der Waals surface area contributed by atoms with Crippen LogP contribution in [0.3, 0.4) is 0 Å². The third-order valence-electron chi connectivity index (χ3n) is 6.14. The van der Waals surface area contributed by atoms with Crippen LogP contribution in [0.15, 0.2) is 12.1 Å². The molecule has 1 heterocycles. The fourth-order valence-corrected chi connectivity index (χ4v) is 4.16. The molecule has 1 saturated carbocycles. The Bertz CT molecular complexity index is 877. The molecule has 3 rings (SSSR count). The van der Waals surface area contributed by atoms with E-state index in [1.54, 1.807) is 0 Å². The summed E-state index contributed by atoms with van der Waals surface area (Å²) in [6.45, 7) is 0.669. The van der Waals surface area contributed by atoms with Gasteiger partial charge in [0, 0.05) is 6.07 Å². The summed E-state index contributed by atoms with van der Waals surface area (Å²) in [6, 6.07) is 2.44. The molecule has 1 saturated heterocycles. The number of phenols is 1. The van der Waals surface area contributed by atoms with E-state index in [1.165, 1.54) is 26.2 Å². The van der Waals surface area contributed by atoms with Gasteiger partial charge in [0.2, 0.25) is 0 Å². The Kier molecular flexibility index (Phi) is 8.54. The normalized spacial score (nSPS) is 39.8. The monoisotopic (exact) mass is 506 g/mol. The fraction of sp³-hybridized carbons (Fsp3) is 0.667. The van der Waals surface area contributed by atoms with Crippen LogP contribution in [0, 0.1) is 6.92 Å². The van der Waals surface area contributed by atoms with Crippen LogP contribution in [-0.2, 0) is 14.2 Å². The molecule has 1 aromatic carbocycles. The minimum atomic E-state index is -1.95. The van der Waals surface area contributed by atoms with Gasteiger partial charge < -0.3 is 64.9 Å². The highest BCUT2D eigenvalue weighted by atomic mass is 16.7. The highest BCUT2D eigenvalue weighted by Crippen LogP contribution is 2.32. The van der Waals surface area contributed by atoms with Crippen LogP contribution in [0.1, 0.15) is 15.9 Å². The van der Waals surface area contributed by atoms with Gasteiger partial charge in [-0.15, -0.1) is 0 Å². The summed E-state index contributed by atoms with van der Waals surface area (Å²) >= 11 is 0. The Morgan fingerprint density at radius 1 is 0.886 bits per heavy atom. The molecule has 14 heteroatoms. The molecule has 14 nitrogen and oxygen atoms in total. The Morgan fingerprint density at radius 2 is 1.43 bits per heavy atom. The predicted octanol–water partition coefficient (Wildman–Crippen LogP) is -4.12. The zero-order chi connectivity index (χ0) is 26.2. The molecule has 2 fully saturated rings. The van der Waals surface area contributed by atoms with Crippen LogP contribution in [0.5, 0.6) is 11.5 Å². The molecule has 11 atom stereocenters. The predicted molar refractivity (Wildman–Crippen MR) is 111 cm³/mol. The first-order valence-corrected chi connectivity index (χ1v) is 10.7. The molecule has 2 unspecified atom stereocenters.